The van der Waals surface area contributed by atoms with Gasteiger partial charge in [-0.2, -0.15) is 0 Å². The maximum atomic E-state index is 14.4. The summed E-state index contributed by atoms with van der Waals surface area (Å²) >= 11 is 0. The van der Waals surface area contributed by atoms with E-state index in [2.05, 4.69) is 15.3 Å². The lowest BCUT2D eigenvalue weighted by atomic mass is 10.1. The molecule has 2 aromatic carbocycles. The van der Waals surface area contributed by atoms with Crippen molar-refractivity contribution in [2.24, 2.45) is 0 Å². The third-order valence-corrected chi connectivity index (χ3v) is 6.15. The third-order valence-electron chi connectivity index (χ3n) is 4.55. The highest BCUT2D eigenvalue weighted by Crippen LogP contribution is 2.32. The minimum absolute atomic E-state index is 0.0209. The Morgan fingerprint density at radius 3 is 2.86 bits per heavy atom. The van der Waals surface area contributed by atoms with Crippen LogP contribution in [0.1, 0.15) is 12.0 Å². The quantitative estimate of drug-likeness (QED) is 0.656. The lowest BCUT2D eigenvalue weighted by Gasteiger charge is -2.18. The van der Waals surface area contributed by atoms with E-state index in [1.54, 1.807) is 0 Å². The zero-order valence-electron chi connectivity index (χ0n) is 15.1. The fourth-order valence-electron chi connectivity index (χ4n) is 3.19. The van der Waals surface area contributed by atoms with E-state index in [0.29, 0.717) is 5.56 Å². The van der Waals surface area contributed by atoms with Crippen LogP contribution in [0.4, 0.5) is 20.4 Å². The van der Waals surface area contributed by atoms with Gasteiger partial charge in [0, 0.05) is 28.0 Å². The topological polar surface area (TPSA) is 70.9 Å². The van der Waals surface area contributed by atoms with Gasteiger partial charge in [-0.1, -0.05) is 16.8 Å². The lowest BCUT2D eigenvalue weighted by Crippen LogP contribution is -2.09. The zero-order valence-corrected chi connectivity index (χ0v) is 15.9. The minimum atomic E-state index is -0.631. The largest absolute Gasteiger partial charge is 0.496 e. The van der Waals surface area contributed by atoms with E-state index < -0.39 is 22.3 Å². The first-order valence-electron chi connectivity index (χ1n) is 8.73. The monoisotopic (exact) mass is 400 g/mol. The second kappa shape index (κ2) is 7.63. The van der Waals surface area contributed by atoms with Crippen LogP contribution in [-0.2, 0) is 17.1 Å². The van der Waals surface area contributed by atoms with Crippen LogP contribution < -0.4 is 10.1 Å². The Kier molecular flexibility index (Phi) is 5.04. The summed E-state index contributed by atoms with van der Waals surface area (Å²) in [5, 5.41) is 3.08. The van der Waals surface area contributed by atoms with Gasteiger partial charge in [0.05, 0.1) is 13.3 Å². The average molecular weight is 400 g/mol. The van der Waals surface area contributed by atoms with Crippen LogP contribution >= 0.6 is 0 Å². The standard InChI is InChI=1S/C20H18F2N4OS/c1-27-17-9-13(21)5-7-15(17)19-16(22)11-24-20(26-19)25-14-6-4-12-3-2-8-28(23)18(12)10-14/h4-7,9-11,23H,2-3,8H2,1H3,(H,24,25,26). The van der Waals surface area contributed by atoms with Crippen LogP contribution in [0.25, 0.3) is 11.3 Å². The van der Waals surface area contributed by atoms with Gasteiger partial charge in [-0.05, 0) is 42.7 Å². The molecular weight excluding hydrogens is 382 g/mol. The van der Waals surface area contributed by atoms with Gasteiger partial charge in [0.1, 0.15) is 17.3 Å². The Morgan fingerprint density at radius 1 is 1.18 bits per heavy atom. The summed E-state index contributed by atoms with van der Waals surface area (Å²) in [6.07, 6.45) is 3.09. The van der Waals surface area contributed by atoms with E-state index in [9.17, 15) is 8.78 Å². The van der Waals surface area contributed by atoms with Crippen molar-refractivity contribution in [3.8, 4) is 17.0 Å². The normalized spacial score (nSPS) is 15.8. The molecule has 0 fully saturated rings. The van der Waals surface area contributed by atoms with Crippen LogP contribution in [0.2, 0.25) is 0 Å². The minimum Gasteiger partial charge on any atom is -0.496 e. The van der Waals surface area contributed by atoms with E-state index in [0.717, 1.165) is 35.4 Å². The number of anilines is 2. The predicted molar refractivity (Wildman–Crippen MR) is 105 cm³/mol. The van der Waals surface area contributed by atoms with Crippen molar-refractivity contribution in [1.29, 1.82) is 4.78 Å². The third kappa shape index (κ3) is 3.60. The van der Waals surface area contributed by atoms with Crippen LogP contribution in [-0.4, -0.2) is 22.8 Å². The zero-order chi connectivity index (χ0) is 19.7. The Hall–Kier alpha value is -2.87. The average Bonchev–Trinajstić information content (AvgIpc) is 2.70. The summed E-state index contributed by atoms with van der Waals surface area (Å²) < 4.78 is 41.2. The molecule has 0 radical (unpaired) electrons. The lowest BCUT2D eigenvalue weighted by molar-refractivity contribution is 0.412. The van der Waals surface area contributed by atoms with Gasteiger partial charge < -0.3 is 10.1 Å². The fraction of sp³-hybridized carbons (Fsp3) is 0.200. The summed E-state index contributed by atoms with van der Waals surface area (Å²) in [5.74, 6) is 0.165. The molecule has 144 valence electrons. The Morgan fingerprint density at radius 2 is 2.04 bits per heavy atom. The van der Waals surface area contributed by atoms with Crippen molar-refractivity contribution in [2.45, 2.75) is 17.7 Å². The molecule has 1 aliphatic rings. The Balaban J connectivity index is 1.69. The molecule has 5 nitrogen and oxygen atoms in total. The molecule has 2 heterocycles. The molecule has 1 atom stereocenters. The maximum absolute atomic E-state index is 14.4. The maximum Gasteiger partial charge on any atom is 0.227 e. The van der Waals surface area contributed by atoms with Gasteiger partial charge in [0.25, 0.3) is 0 Å². The second-order valence-corrected chi connectivity index (χ2v) is 8.01. The fourth-order valence-corrected chi connectivity index (χ4v) is 4.60. The van der Waals surface area contributed by atoms with E-state index in [1.165, 1.54) is 30.9 Å². The number of halogens is 2. The summed E-state index contributed by atoms with van der Waals surface area (Å²) in [6, 6.07) is 9.70. The smallest absolute Gasteiger partial charge is 0.227 e. The number of fused-ring (bicyclic) bond motifs is 1. The summed E-state index contributed by atoms with van der Waals surface area (Å²) in [7, 11) is 0.870. The van der Waals surface area contributed by atoms with Gasteiger partial charge in [-0.15, -0.1) is 0 Å². The second-order valence-electron chi connectivity index (χ2n) is 6.38. The van der Waals surface area contributed by atoms with Gasteiger partial charge >= 0.3 is 0 Å². The molecular formula is C20H18F2N4OS. The van der Waals surface area contributed by atoms with Gasteiger partial charge in [0.2, 0.25) is 5.95 Å². The molecule has 1 aliphatic heterocycles. The number of aryl methyl sites for hydroxylation is 1. The van der Waals surface area contributed by atoms with Crippen molar-refractivity contribution in [3.05, 3.63) is 59.8 Å². The number of ether oxygens (including phenoxy) is 1. The Bertz CT molecular complexity index is 1070. The summed E-state index contributed by atoms with van der Waals surface area (Å²) in [6.45, 7) is 0. The van der Waals surface area contributed by atoms with Crippen molar-refractivity contribution in [3.63, 3.8) is 0 Å². The molecule has 28 heavy (non-hydrogen) atoms. The van der Waals surface area contributed by atoms with E-state index in [-0.39, 0.29) is 17.4 Å². The molecule has 0 amide bonds. The number of nitrogens with zero attached hydrogens (tertiary/aromatic N) is 2. The van der Waals surface area contributed by atoms with Gasteiger partial charge in [-0.3, -0.25) is 4.78 Å². The van der Waals surface area contributed by atoms with Crippen LogP contribution in [0.5, 0.6) is 5.75 Å². The number of aromatic nitrogens is 2. The van der Waals surface area contributed by atoms with Crippen LogP contribution in [0.15, 0.2) is 47.5 Å². The van der Waals surface area contributed by atoms with Gasteiger partial charge in [-0.25, -0.2) is 18.7 Å². The SMILES string of the molecule is COc1cc(F)ccc1-c1nc(Nc2ccc3c(c2)S(=N)CCC3)ncc1F. The number of nitrogens with one attached hydrogen (secondary N) is 2. The van der Waals surface area contributed by atoms with Gasteiger partial charge in [0.15, 0.2) is 5.82 Å². The van der Waals surface area contributed by atoms with Crippen molar-refractivity contribution >= 4 is 22.3 Å². The van der Waals surface area contributed by atoms with E-state index >= 15 is 0 Å². The first-order valence-corrected chi connectivity index (χ1v) is 10.1. The van der Waals surface area contributed by atoms with Crippen LogP contribution in [0, 0.1) is 16.4 Å². The molecule has 3 aromatic rings. The molecule has 1 unspecified atom stereocenters. The molecule has 0 aliphatic carbocycles. The van der Waals surface area contributed by atoms with Crippen molar-refractivity contribution in [1.82, 2.24) is 9.97 Å². The van der Waals surface area contributed by atoms with E-state index in [1.807, 2.05) is 18.2 Å². The molecule has 0 saturated heterocycles. The number of rotatable bonds is 4. The number of hydrogen-bond donors (Lipinski definition) is 2. The highest BCUT2D eigenvalue weighted by molar-refractivity contribution is 7.86. The molecule has 1 aromatic heterocycles. The predicted octanol–water partition coefficient (Wildman–Crippen LogP) is 4.86. The van der Waals surface area contributed by atoms with Crippen molar-refractivity contribution in [2.75, 3.05) is 18.2 Å². The highest BCUT2D eigenvalue weighted by Gasteiger charge is 2.17. The molecule has 0 saturated carbocycles. The Labute approximate surface area is 163 Å². The van der Waals surface area contributed by atoms with E-state index in [4.69, 9.17) is 9.52 Å². The summed E-state index contributed by atoms with van der Waals surface area (Å²) in [5.41, 5.74) is 2.30. The highest BCUT2D eigenvalue weighted by atomic mass is 32.2. The first kappa shape index (κ1) is 18.5. The molecule has 0 bridgehead atoms. The molecule has 2 N–H and O–H groups in total. The number of methoxy groups -OCH3 is 1. The molecule has 4 rings (SSSR count). The molecule has 0 spiro atoms. The van der Waals surface area contributed by atoms with Crippen LogP contribution in [0.3, 0.4) is 0 Å². The number of hydrogen-bond acceptors (Lipinski definition) is 5. The molecule has 8 heteroatoms. The van der Waals surface area contributed by atoms with Crippen molar-refractivity contribution < 1.29 is 13.5 Å². The first-order chi connectivity index (χ1) is 13.5. The number of benzene rings is 2. The summed E-state index contributed by atoms with van der Waals surface area (Å²) in [4.78, 5) is 9.30.